The molecule has 1 aromatic heterocycles. The highest BCUT2D eigenvalue weighted by atomic mass is 35.5. The number of rotatable bonds is 6. The lowest BCUT2D eigenvalue weighted by Gasteiger charge is -2.09. The highest BCUT2D eigenvalue weighted by Gasteiger charge is 2.12. The number of carbonyl (C=O) groups excluding carboxylic acids is 1. The minimum atomic E-state index is -0.489. The van der Waals surface area contributed by atoms with Crippen LogP contribution in [0, 0.1) is 5.82 Å². The Morgan fingerprint density at radius 3 is 2.83 bits per heavy atom. The van der Waals surface area contributed by atoms with E-state index in [1.165, 1.54) is 18.3 Å². The van der Waals surface area contributed by atoms with Crippen molar-refractivity contribution in [2.45, 2.75) is 6.61 Å². The second-order valence-electron chi connectivity index (χ2n) is 6.45. The fourth-order valence-corrected chi connectivity index (χ4v) is 3.03. The zero-order chi connectivity index (χ0) is 20.9. The van der Waals surface area contributed by atoms with E-state index in [1.807, 2.05) is 12.1 Å². The Morgan fingerprint density at radius 1 is 1.10 bits per heavy atom. The van der Waals surface area contributed by atoms with Gasteiger partial charge in [-0.3, -0.25) is 4.79 Å². The molecule has 0 bridgehead atoms. The van der Waals surface area contributed by atoms with E-state index in [2.05, 4.69) is 10.5 Å². The van der Waals surface area contributed by atoms with Crippen LogP contribution in [0.15, 0.2) is 82.3 Å². The molecule has 4 rings (SSSR count). The van der Waals surface area contributed by atoms with E-state index in [1.54, 1.807) is 48.5 Å². The molecule has 1 amide bonds. The van der Waals surface area contributed by atoms with Crippen molar-refractivity contribution in [3.8, 4) is 5.75 Å². The van der Waals surface area contributed by atoms with E-state index in [0.717, 1.165) is 5.39 Å². The molecular weight excluding hydrogens is 407 g/mol. The number of ether oxygens (including phenoxy) is 1. The molecule has 5 nitrogen and oxygen atoms in total. The lowest BCUT2D eigenvalue weighted by Crippen LogP contribution is -2.16. The van der Waals surface area contributed by atoms with Gasteiger partial charge in [-0.15, -0.1) is 0 Å². The first-order valence-electron chi connectivity index (χ1n) is 9.07. The number of benzene rings is 3. The van der Waals surface area contributed by atoms with E-state index in [0.29, 0.717) is 27.5 Å². The SMILES string of the molecule is O=C(N/N=C/c1ccccc1OCc1cccc(F)c1)c1cc2cc(Cl)ccc2o1. The maximum absolute atomic E-state index is 13.3. The van der Waals surface area contributed by atoms with Crippen molar-refractivity contribution < 1.29 is 18.3 Å². The quantitative estimate of drug-likeness (QED) is 0.326. The highest BCUT2D eigenvalue weighted by Crippen LogP contribution is 2.23. The Morgan fingerprint density at radius 2 is 1.97 bits per heavy atom. The summed E-state index contributed by atoms with van der Waals surface area (Å²) in [5, 5.41) is 5.27. The summed E-state index contributed by atoms with van der Waals surface area (Å²) in [6.07, 6.45) is 1.47. The number of carbonyl (C=O) groups is 1. The van der Waals surface area contributed by atoms with Gasteiger partial charge in [0.05, 0.1) is 6.21 Å². The number of hydrogen-bond acceptors (Lipinski definition) is 4. The summed E-state index contributed by atoms with van der Waals surface area (Å²) in [5.74, 6) is -0.128. The molecule has 7 heteroatoms. The molecule has 4 aromatic rings. The third kappa shape index (κ3) is 4.67. The van der Waals surface area contributed by atoms with Crippen LogP contribution in [-0.4, -0.2) is 12.1 Å². The molecule has 150 valence electrons. The van der Waals surface area contributed by atoms with Crippen molar-refractivity contribution in [3.05, 3.63) is 101 Å². The molecule has 3 aromatic carbocycles. The normalized spacial score (nSPS) is 11.1. The van der Waals surface area contributed by atoms with Crippen molar-refractivity contribution >= 4 is 34.7 Å². The Labute approximate surface area is 176 Å². The fraction of sp³-hybridized carbons (Fsp3) is 0.0435. The number of nitrogens with zero attached hydrogens (tertiary/aromatic N) is 1. The topological polar surface area (TPSA) is 63.8 Å². The zero-order valence-electron chi connectivity index (χ0n) is 15.6. The number of hydrogen-bond donors (Lipinski definition) is 1. The number of nitrogens with one attached hydrogen (secondary N) is 1. The van der Waals surface area contributed by atoms with Crippen LogP contribution < -0.4 is 10.2 Å². The monoisotopic (exact) mass is 422 g/mol. The zero-order valence-corrected chi connectivity index (χ0v) is 16.4. The molecule has 0 unspecified atom stereocenters. The average molecular weight is 423 g/mol. The summed E-state index contributed by atoms with van der Waals surface area (Å²) < 4.78 is 24.6. The van der Waals surface area contributed by atoms with Gasteiger partial charge in [0.15, 0.2) is 5.76 Å². The van der Waals surface area contributed by atoms with Gasteiger partial charge in [-0.1, -0.05) is 35.9 Å². The second kappa shape index (κ2) is 8.80. The molecular formula is C23H16ClFN2O3. The lowest BCUT2D eigenvalue weighted by molar-refractivity contribution is 0.0929. The predicted octanol–water partition coefficient (Wildman–Crippen LogP) is 5.57. The molecule has 0 atom stereocenters. The summed E-state index contributed by atoms with van der Waals surface area (Å²) >= 11 is 5.95. The highest BCUT2D eigenvalue weighted by molar-refractivity contribution is 6.31. The summed E-state index contributed by atoms with van der Waals surface area (Å²) in [4.78, 5) is 12.3. The lowest BCUT2D eigenvalue weighted by atomic mass is 10.2. The molecule has 30 heavy (non-hydrogen) atoms. The van der Waals surface area contributed by atoms with E-state index in [-0.39, 0.29) is 18.2 Å². The van der Waals surface area contributed by atoms with Crippen LogP contribution in [-0.2, 0) is 6.61 Å². The third-order valence-electron chi connectivity index (χ3n) is 4.27. The average Bonchev–Trinajstić information content (AvgIpc) is 3.16. The summed E-state index contributed by atoms with van der Waals surface area (Å²) in [6.45, 7) is 0.205. The van der Waals surface area contributed by atoms with Crippen LogP contribution in [0.25, 0.3) is 11.0 Å². The van der Waals surface area contributed by atoms with Gasteiger partial charge >= 0.3 is 5.91 Å². The molecule has 0 saturated carbocycles. The fourth-order valence-electron chi connectivity index (χ4n) is 2.85. The van der Waals surface area contributed by atoms with E-state index in [4.69, 9.17) is 20.8 Å². The third-order valence-corrected chi connectivity index (χ3v) is 4.51. The molecule has 0 spiro atoms. The van der Waals surface area contributed by atoms with Crippen LogP contribution in [0.1, 0.15) is 21.7 Å². The summed E-state index contributed by atoms with van der Waals surface area (Å²) in [5.41, 5.74) is 4.36. The van der Waals surface area contributed by atoms with Gasteiger partial charge in [-0.25, -0.2) is 9.82 Å². The van der Waals surface area contributed by atoms with Gasteiger partial charge < -0.3 is 9.15 Å². The standard InChI is InChI=1S/C23H16ClFN2O3/c24-18-8-9-21-17(11-18)12-22(30-21)23(28)27-26-13-16-5-1-2-7-20(16)29-14-15-4-3-6-19(25)10-15/h1-13H,14H2,(H,27,28)/b26-13+. The Hall–Kier alpha value is -3.64. The summed E-state index contributed by atoms with van der Waals surface area (Å²) in [7, 11) is 0. The number of para-hydroxylation sites is 1. The van der Waals surface area contributed by atoms with Gasteiger partial charge in [0.25, 0.3) is 0 Å². The number of halogens is 2. The van der Waals surface area contributed by atoms with Gasteiger partial charge in [0.2, 0.25) is 0 Å². The molecule has 1 N–H and O–H groups in total. The molecule has 0 saturated heterocycles. The van der Waals surface area contributed by atoms with Crippen molar-refractivity contribution in [2.24, 2.45) is 5.10 Å². The second-order valence-corrected chi connectivity index (χ2v) is 6.88. The van der Waals surface area contributed by atoms with Crippen molar-refractivity contribution in [1.29, 1.82) is 0 Å². The van der Waals surface area contributed by atoms with Crippen LogP contribution in [0.5, 0.6) is 5.75 Å². The minimum Gasteiger partial charge on any atom is -0.488 e. The van der Waals surface area contributed by atoms with Gasteiger partial charge in [0, 0.05) is 16.0 Å². The Balaban J connectivity index is 1.42. The largest absolute Gasteiger partial charge is 0.488 e. The minimum absolute atomic E-state index is 0.125. The van der Waals surface area contributed by atoms with E-state index < -0.39 is 5.91 Å². The van der Waals surface area contributed by atoms with Crippen LogP contribution >= 0.6 is 11.6 Å². The van der Waals surface area contributed by atoms with Crippen LogP contribution in [0.4, 0.5) is 4.39 Å². The maximum Gasteiger partial charge on any atom is 0.307 e. The number of hydrazone groups is 1. The first kappa shape index (κ1) is 19.7. The van der Waals surface area contributed by atoms with Crippen LogP contribution in [0.3, 0.4) is 0 Å². The maximum atomic E-state index is 13.3. The van der Waals surface area contributed by atoms with Crippen molar-refractivity contribution in [2.75, 3.05) is 0 Å². The first-order chi connectivity index (χ1) is 14.6. The van der Waals surface area contributed by atoms with Gasteiger partial charge in [0.1, 0.15) is 23.8 Å². The van der Waals surface area contributed by atoms with Crippen LogP contribution in [0.2, 0.25) is 5.02 Å². The molecule has 0 aliphatic heterocycles. The Kier molecular flexibility index (Phi) is 5.77. The number of fused-ring (bicyclic) bond motifs is 1. The molecule has 0 fully saturated rings. The molecule has 0 aliphatic carbocycles. The first-order valence-corrected chi connectivity index (χ1v) is 9.45. The molecule has 1 heterocycles. The smallest absolute Gasteiger partial charge is 0.307 e. The van der Waals surface area contributed by atoms with Gasteiger partial charge in [-0.2, -0.15) is 5.10 Å². The molecule has 0 radical (unpaired) electrons. The predicted molar refractivity (Wildman–Crippen MR) is 113 cm³/mol. The van der Waals surface area contributed by atoms with E-state index in [9.17, 15) is 9.18 Å². The van der Waals surface area contributed by atoms with Crippen molar-refractivity contribution in [1.82, 2.24) is 5.43 Å². The van der Waals surface area contributed by atoms with E-state index >= 15 is 0 Å². The van der Waals surface area contributed by atoms with Gasteiger partial charge in [-0.05, 0) is 54.1 Å². The Bertz CT molecular complexity index is 1240. The molecule has 0 aliphatic rings. The number of amides is 1. The van der Waals surface area contributed by atoms with Crippen molar-refractivity contribution in [3.63, 3.8) is 0 Å². The summed E-state index contributed by atoms with van der Waals surface area (Å²) in [6, 6.07) is 20.1. The number of furan rings is 1.